The first kappa shape index (κ1) is 24.5. The number of nitrogens with one attached hydrogen (secondary N) is 3. The van der Waals surface area contributed by atoms with Gasteiger partial charge in [-0.3, -0.25) is 4.79 Å². The van der Waals surface area contributed by atoms with Crippen LogP contribution in [0.2, 0.25) is 0 Å². The summed E-state index contributed by atoms with van der Waals surface area (Å²) < 4.78 is 20.3. The third-order valence-electron chi connectivity index (χ3n) is 7.08. The summed E-state index contributed by atoms with van der Waals surface area (Å²) in [5.74, 6) is 1.16. The summed E-state index contributed by atoms with van der Waals surface area (Å²) in [6, 6.07) is 14.0. The van der Waals surface area contributed by atoms with E-state index in [0.29, 0.717) is 48.1 Å². The lowest BCUT2D eigenvalue weighted by Gasteiger charge is -2.41. The zero-order valence-corrected chi connectivity index (χ0v) is 20.0. The number of ether oxygens (including phenoxy) is 1. The van der Waals surface area contributed by atoms with E-state index in [1.165, 1.54) is 26.0 Å². The molecule has 2 aliphatic rings. The molecule has 2 saturated carbocycles. The van der Waals surface area contributed by atoms with Crippen molar-refractivity contribution in [1.29, 1.82) is 5.26 Å². The molecule has 2 fully saturated rings. The van der Waals surface area contributed by atoms with Gasteiger partial charge in [-0.15, -0.1) is 4.99 Å². The van der Waals surface area contributed by atoms with Crippen molar-refractivity contribution >= 4 is 11.9 Å². The Balaban J connectivity index is 1.46. The molecule has 0 saturated heterocycles. The molecular weight excluding hydrogens is 445 g/mol. The van der Waals surface area contributed by atoms with Crippen molar-refractivity contribution in [2.24, 2.45) is 10.9 Å². The van der Waals surface area contributed by atoms with Gasteiger partial charge in [-0.25, -0.2) is 4.39 Å². The molecule has 0 atom stereocenters. The number of carbonyl (C=O) groups excluding carboxylic acids is 1. The zero-order chi connectivity index (χ0) is 24.7. The van der Waals surface area contributed by atoms with Crippen molar-refractivity contribution in [2.75, 3.05) is 20.2 Å². The van der Waals surface area contributed by atoms with Crippen molar-refractivity contribution in [1.82, 2.24) is 16.0 Å². The first-order valence-electron chi connectivity index (χ1n) is 12.2. The molecule has 8 heteroatoms. The Kier molecular flexibility index (Phi) is 7.86. The highest BCUT2D eigenvalue weighted by Gasteiger charge is 2.39. The van der Waals surface area contributed by atoms with Crippen LogP contribution < -0.4 is 20.7 Å². The number of amides is 1. The molecule has 35 heavy (non-hydrogen) atoms. The van der Waals surface area contributed by atoms with Crippen LogP contribution >= 0.6 is 0 Å². The van der Waals surface area contributed by atoms with E-state index in [1.54, 1.807) is 24.3 Å². The average molecular weight is 478 g/mol. The smallest absolute Gasteiger partial charge is 0.255 e. The number of hydrogen-bond donors (Lipinski definition) is 3. The van der Waals surface area contributed by atoms with Crippen LogP contribution in [0.3, 0.4) is 0 Å². The van der Waals surface area contributed by atoms with Crippen molar-refractivity contribution in [3.8, 4) is 11.9 Å². The Morgan fingerprint density at radius 3 is 2.51 bits per heavy atom. The van der Waals surface area contributed by atoms with E-state index in [4.69, 9.17) is 10.00 Å². The molecule has 0 radical (unpaired) electrons. The van der Waals surface area contributed by atoms with Gasteiger partial charge in [-0.05, 0) is 68.2 Å². The molecular formula is C27H32FN5O2. The lowest BCUT2D eigenvalue weighted by atomic mass is 9.68. The van der Waals surface area contributed by atoms with Gasteiger partial charge in [0, 0.05) is 24.5 Å². The standard InChI is InChI=1S/C27H32FN5O2/c1-35-24-9-5-2-6-21(24)25(34)31-17-27(22-7-3-4-8-23(22)28)14-12-20(13-15-27)33-26(32-18-29)30-16-19-10-11-19/h2-9,19-20H,10-17H2,1H3,(H,31,34)(H2,30,32,33)/t20-,27-. The second-order valence-electron chi connectivity index (χ2n) is 9.45. The summed E-state index contributed by atoms with van der Waals surface area (Å²) in [5.41, 5.74) is 0.541. The third-order valence-corrected chi connectivity index (χ3v) is 7.08. The SMILES string of the molecule is COc1ccccc1C(=O)NC[C@]1(c2ccccc2F)CC[C@H](N/C(=N/C#N)NCC2CC2)CC1. The van der Waals surface area contributed by atoms with E-state index in [1.807, 2.05) is 24.4 Å². The first-order chi connectivity index (χ1) is 17.0. The van der Waals surface area contributed by atoms with Gasteiger partial charge in [-0.1, -0.05) is 30.3 Å². The summed E-state index contributed by atoms with van der Waals surface area (Å²) >= 11 is 0. The van der Waals surface area contributed by atoms with Crippen molar-refractivity contribution in [2.45, 2.75) is 50.0 Å². The molecule has 3 N–H and O–H groups in total. The Morgan fingerprint density at radius 1 is 1.11 bits per heavy atom. The van der Waals surface area contributed by atoms with Gasteiger partial charge < -0.3 is 20.7 Å². The molecule has 0 unspecified atom stereocenters. The molecule has 2 aliphatic carbocycles. The molecule has 2 aromatic carbocycles. The number of benzene rings is 2. The molecule has 2 aromatic rings. The van der Waals surface area contributed by atoms with Crippen LogP contribution in [0.5, 0.6) is 5.75 Å². The highest BCUT2D eigenvalue weighted by atomic mass is 19.1. The van der Waals surface area contributed by atoms with Crippen molar-refractivity contribution in [3.63, 3.8) is 0 Å². The van der Waals surface area contributed by atoms with E-state index in [-0.39, 0.29) is 17.8 Å². The lowest BCUT2D eigenvalue weighted by molar-refractivity contribution is 0.0931. The van der Waals surface area contributed by atoms with Crippen LogP contribution in [0.1, 0.15) is 54.4 Å². The lowest BCUT2D eigenvalue weighted by Crippen LogP contribution is -2.50. The van der Waals surface area contributed by atoms with E-state index in [9.17, 15) is 9.18 Å². The fourth-order valence-corrected chi connectivity index (χ4v) is 4.85. The highest BCUT2D eigenvalue weighted by Crippen LogP contribution is 2.40. The predicted molar refractivity (Wildman–Crippen MR) is 133 cm³/mol. The maximum atomic E-state index is 15.0. The van der Waals surface area contributed by atoms with E-state index >= 15 is 0 Å². The van der Waals surface area contributed by atoms with Gasteiger partial charge in [0.25, 0.3) is 5.91 Å². The normalized spacial score (nSPS) is 22.1. The number of nitriles is 1. The monoisotopic (exact) mass is 477 g/mol. The number of carbonyl (C=O) groups is 1. The largest absolute Gasteiger partial charge is 0.496 e. The van der Waals surface area contributed by atoms with E-state index < -0.39 is 5.41 Å². The summed E-state index contributed by atoms with van der Waals surface area (Å²) in [7, 11) is 1.53. The third kappa shape index (κ3) is 6.10. The Labute approximate surface area is 205 Å². The minimum atomic E-state index is -0.533. The molecule has 7 nitrogen and oxygen atoms in total. The molecule has 1 amide bonds. The van der Waals surface area contributed by atoms with Gasteiger partial charge in [0.15, 0.2) is 0 Å². The van der Waals surface area contributed by atoms with Crippen LogP contribution in [0.15, 0.2) is 53.5 Å². The van der Waals surface area contributed by atoms with Gasteiger partial charge in [0.2, 0.25) is 12.2 Å². The molecule has 0 bridgehead atoms. The van der Waals surface area contributed by atoms with E-state index in [0.717, 1.165) is 19.4 Å². The minimum absolute atomic E-state index is 0.110. The number of aliphatic imine (C=N–C) groups is 1. The number of para-hydroxylation sites is 1. The van der Waals surface area contributed by atoms with Gasteiger partial charge in [0.05, 0.1) is 12.7 Å². The Morgan fingerprint density at radius 2 is 1.83 bits per heavy atom. The van der Waals surface area contributed by atoms with Gasteiger partial charge >= 0.3 is 0 Å². The van der Waals surface area contributed by atoms with Gasteiger partial charge in [-0.2, -0.15) is 5.26 Å². The summed E-state index contributed by atoms with van der Waals surface area (Å²) in [4.78, 5) is 16.9. The quantitative estimate of drug-likeness (QED) is 0.305. The first-order valence-corrected chi connectivity index (χ1v) is 12.2. The topological polar surface area (TPSA) is 98.5 Å². The zero-order valence-electron chi connectivity index (χ0n) is 20.0. The number of hydrogen-bond acceptors (Lipinski definition) is 4. The summed E-state index contributed by atoms with van der Waals surface area (Å²) in [5, 5.41) is 18.7. The summed E-state index contributed by atoms with van der Waals surface area (Å²) in [6.07, 6.45) is 7.16. The molecule has 0 aliphatic heterocycles. The number of methoxy groups -OCH3 is 1. The Bertz CT molecular complexity index is 1100. The second-order valence-corrected chi connectivity index (χ2v) is 9.45. The molecule has 0 spiro atoms. The van der Waals surface area contributed by atoms with Gasteiger partial charge in [0.1, 0.15) is 11.6 Å². The van der Waals surface area contributed by atoms with Crippen molar-refractivity contribution in [3.05, 3.63) is 65.5 Å². The summed E-state index contributed by atoms with van der Waals surface area (Å²) in [6.45, 7) is 1.13. The fourth-order valence-electron chi connectivity index (χ4n) is 4.85. The highest BCUT2D eigenvalue weighted by molar-refractivity contribution is 5.97. The minimum Gasteiger partial charge on any atom is -0.496 e. The maximum absolute atomic E-state index is 15.0. The fraction of sp³-hybridized carbons (Fsp3) is 0.444. The number of nitrogens with zero attached hydrogens (tertiary/aromatic N) is 2. The van der Waals surface area contributed by atoms with Crippen LogP contribution in [0.25, 0.3) is 0 Å². The number of halogens is 1. The number of guanidine groups is 1. The second kappa shape index (κ2) is 11.2. The molecule has 0 aromatic heterocycles. The average Bonchev–Trinajstić information content (AvgIpc) is 3.72. The Hall–Kier alpha value is -3.60. The van der Waals surface area contributed by atoms with Crippen LogP contribution in [-0.2, 0) is 5.41 Å². The van der Waals surface area contributed by atoms with Crippen LogP contribution in [0.4, 0.5) is 4.39 Å². The van der Waals surface area contributed by atoms with Crippen molar-refractivity contribution < 1.29 is 13.9 Å². The maximum Gasteiger partial charge on any atom is 0.255 e. The molecule has 184 valence electrons. The molecule has 0 heterocycles. The van der Waals surface area contributed by atoms with E-state index in [2.05, 4.69) is 20.9 Å². The number of rotatable bonds is 8. The molecule has 4 rings (SSSR count). The van der Waals surface area contributed by atoms with Crippen LogP contribution in [0, 0.1) is 23.2 Å². The van der Waals surface area contributed by atoms with Crippen LogP contribution in [-0.4, -0.2) is 38.1 Å². The predicted octanol–water partition coefficient (Wildman–Crippen LogP) is 3.87.